The first-order valence-corrected chi connectivity index (χ1v) is 11.0. The number of aryl methyl sites for hydroxylation is 2. The van der Waals surface area contributed by atoms with Gasteiger partial charge < -0.3 is 4.90 Å². The number of hydrogen-bond acceptors (Lipinski definition) is 4. The first kappa shape index (κ1) is 22.9. The highest BCUT2D eigenvalue weighted by Gasteiger charge is 2.23. The molecule has 0 atom stereocenters. The van der Waals surface area contributed by atoms with Crippen LogP contribution in [0.25, 0.3) is 5.69 Å². The molecule has 1 aromatic heterocycles. The van der Waals surface area contributed by atoms with Gasteiger partial charge in [-0.05, 0) is 48.2 Å². The second-order valence-corrected chi connectivity index (χ2v) is 8.35. The normalized spacial score (nSPS) is 10.8. The van der Waals surface area contributed by atoms with E-state index in [0.717, 1.165) is 31.5 Å². The molecule has 0 aliphatic heterocycles. The van der Waals surface area contributed by atoms with E-state index in [1.165, 1.54) is 4.90 Å². The van der Waals surface area contributed by atoms with Crippen molar-refractivity contribution in [3.8, 4) is 5.69 Å². The number of rotatable bonds is 6. The average molecular weight is 455 g/mol. The van der Waals surface area contributed by atoms with Gasteiger partial charge in [-0.3, -0.25) is 14.2 Å². The Morgan fingerprint density at radius 1 is 0.912 bits per heavy atom. The summed E-state index contributed by atoms with van der Waals surface area (Å²) in [7, 11) is 1.62. The highest BCUT2D eigenvalue weighted by molar-refractivity contribution is 5.91. The number of carbonyl (C=O) groups excluding carboxylic acids is 1. The van der Waals surface area contributed by atoms with E-state index in [0.29, 0.717) is 12.2 Å². The van der Waals surface area contributed by atoms with Crippen molar-refractivity contribution in [2.75, 3.05) is 7.05 Å². The standard InChI is InChI=1S/C27H26N4O3/c1-19-10-9-15-23(16-19)31-27(34)30(18-22-14-8-7-11-20(22)2)26(33)24(28-31)25(32)29(3)17-21-12-5-4-6-13-21/h4-16H,17-18H2,1-3H3. The highest BCUT2D eigenvalue weighted by Crippen LogP contribution is 2.10. The highest BCUT2D eigenvalue weighted by atomic mass is 16.2. The predicted molar refractivity (Wildman–Crippen MR) is 131 cm³/mol. The fraction of sp³-hybridized carbons (Fsp3) is 0.185. The van der Waals surface area contributed by atoms with E-state index in [1.807, 2.05) is 74.5 Å². The number of aromatic nitrogens is 3. The second kappa shape index (κ2) is 9.70. The Hall–Kier alpha value is -4.26. The van der Waals surface area contributed by atoms with Gasteiger partial charge in [0.25, 0.3) is 11.5 Å². The summed E-state index contributed by atoms with van der Waals surface area (Å²) in [5, 5.41) is 4.25. The van der Waals surface area contributed by atoms with Gasteiger partial charge in [-0.15, -0.1) is 0 Å². The predicted octanol–water partition coefficient (Wildman–Crippen LogP) is 3.33. The summed E-state index contributed by atoms with van der Waals surface area (Å²) in [4.78, 5) is 41.6. The van der Waals surface area contributed by atoms with E-state index < -0.39 is 17.2 Å². The van der Waals surface area contributed by atoms with Crippen molar-refractivity contribution in [2.45, 2.75) is 26.9 Å². The molecule has 172 valence electrons. The smallest absolute Gasteiger partial charge is 0.336 e. The molecule has 0 spiro atoms. The minimum atomic E-state index is -0.706. The van der Waals surface area contributed by atoms with Crippen LogP contribution in [0.1, 0.15) is 32.7 Å². The van der Waals surface area contributed by atoms with E-state index in [-0.39, 0.29) is 12.2 Å². The summed E-state index contributed by atoms with van der Waals surface area (Å²) in [5.74, 6) is -0.547. The fourth-order valence-electron chi connectivity index (χ4n) is 3.78. The van der Waals surface area contributed by atoms with Crippen LogP contribution in [-0.4, -0.2) is 32.2 Å². The van der Waals surface area contributed by atoms with Gasteiger partial charge in [0.1, 0.15) is 0 Å². The molecule has 7 heteroatoms. The molecule has 7 nitrogen and oxygen atoms in total. The van der Waals surface area contributed by atoms with E-state index in [9.17, 15) is 14.4 Å². The summed E-state index contributed by atoms with van der Waals surface area (Å²) in [6, 6.07) is 24.2. The van der Waals surface area contributed by atoms with Crippen molar-refractivity contribution in [1.29, 1.82) is 0 Å². The van der Waals surface area contributed by atoms with Gasteiger partial charge in [0.15, 0.2) is 0 Å². The third-order valence-corrected chi connectivity index (χ3v) is 5.71. The molecule has 0 saturated heterocycles. The molecule has 0 saturated carbocycles. The van der Waals surface area contributed by atoms with Crippen LogP contribution in [0.3, 0.4) is 0 Å². The summed E-state index contributed by atoms with van der Waals surface area (Å²) in [5.41, 5.74) is 2.50. The van der Waals surface area contributed by atoms with Crippen LogP contribution in [0, 0.1) is 13.8 Å². The SMILES string of the molecule is Cc1cccc(-n2nc(C(=O)N(C)Cc3ccccc3)c(=O)n(Cc3ccccc3C)c2=O)c1. The summed E-state index contributed by atoms with van der Waals surface area (Å²) < 4.78 is 2.22. The molecule has 0 aliphatic carbocycles. The third kappa shape index (κ3) is 4.73. The lowest BCUT2D eigenvalue weighted by Gasteiger charge is -2.18. The van der Waals surface area contributed by atoms with Crippen LogP contribution in [0.2, 0.25) is 0 Å². The maximum atomic E-state index is 13.4. The Kier molecular flexibility index (Phi) is 6.54. The fourth-order valence-corrected chi connectivity index (χ4v) is 3.78. The van der Waals surface area contributed by atoms with Crippen LogP contribution in [0.15, 0.2) is 88.5 Å². The van der Waals surface area contributed by atoms with Gasteiger partial charge in [-0.1, -0.05) is 66.7 Å². The number of carbonyl (C=O) groups is 1. The van der Waals surface area contributed by atoms with Crippen molar-refractivity contribution in [2.24, 2.45) is 0 Å². The van der Waals surface area contributed by atoms with Crippen molar-refractivity contribution < 1.29 is 4.79 Å². The minimum Gasteiger partial charge on any atom is -0.336 e. The van der Waals surface area contributed by atoms with E-state index >= 15 is 0 Å². The quantitative estimate of drug-likeness (QED) is 0.448. The van der Waals surface area contributed by atoms with E-state index in [4.69, 9.17) is 0 Å². The Bertz CT molecular complexity index is 1450. The summed E-state index contributed by atoms with van der Waals surface area (Å²) in [6.07, 6.45) is 0. The number of nitrogens with zero attached hydrogens (tertiary/aromatic N) is 4. The summed E-state index contributed by atoms with van der Waals surface area (Å²) >= 11 is 0. The van der Waals surface area contributed by atoms with Crippen molar-refractivity contribution >= 4 is 5.91 Å². The summed E-state index contributed by atoms with van der Waals surface area (Å²) in [6.45, 7) is 4.17. The van der Waals surface area contributed by atoms with Gasteiger partial charge >= 0.3 is 5.69 Å². The largest absolute Gasteiger partial charge is 0.352 e. The van der Waals surface area contributed by atoms with Crippen LogP contribution >= 0.6 is 0 Å². The first-order chi connectivity index (χ1) is 16.3. The second-order valence-electron chi connectivity index (χ2n) is 8.35. The molecule has 0 radical (unpaired) electrons. The molecule has 0 unspecified atom stereocenters. The molecular formula is C27H26N4O3. The lowest BCUT2D eigenvalue weighted by Crippen LogP contribution is -2.46. The molecule has 0 aliphatic rings. The van der Waals surface area contributed by atoms with Crippen LogP contribution in [0.4, 0.5) is 0 Å². The van der Waals surface area contributed by atoms with Gasteiger partial charge in [0.05, 0.1) is 12.2 Å². The number of hydrogen-bond donors (Lipinski definition) is 0. The molecule has 4 aromatic rings. The molecular weight excluding hydrogens is 428 g/mol. The van der Waals surface area contributed by atoms with Gasteiger partial charge in [0, 0.05) is 13.6 Å². The zero-order chi connectivity index (χ0) is 24.2. The van der Waals surface area contributed by atoms with Crippen molar-refractivity contribution in [3.05, 3.63) is 128 Å². The monoisotopic (exact) mass is 454 g/mol. The Balaban J connectivity index is 1.84. The molecule has 0 N–H and O–H groups in total. The van der Waals surface area contributed by atoms with Crippen LogP contribution in [-0.2, 0) is 13.1 Å². The first-order valence-electron chi connectivity index (χ1n) is 11.0. The topological polar surface area (TPSA) is 77.2 Å². The molecule has 34 heavy (non-hydrogen) atoms. The third-order valence-electron chi connectivity index (χ3n) is 5.71. The number of benzene rings is 3. The van der Waals surface area contributed by atoms with Crippen molar-refractivity contribution in [3.63, 3.8) is 0 Å². The maximum absolute atomic E-state index is 13.4. The molecule has 1 amide bonds. The van der Waals surface area contributed by atoms with Gasteiger partial charge in [-0.2, -0.15) is 9.78 Å². The van der Waals surface area contributed by atoms with Crippen LogP contribution in [0.5, 0.6) is 0 Å². The van der Waals surface area contributed by atoms with Gasteiger partial charge in [-0.25, -0.2) is 4.79 Å². The lowest BCUT2D eigenvalue weighted by molar-refractivity contribution is 0.0773. The zero-order valence-corrected chi connectivity index (χ0v) is 19.4. The average Bonchev–Trinajstić information content (AvgIpc) is 2.83. The Morgan fingerprint density at radius 3 is 2.32 bits per heavy atom. The van der Waals surface area contributed by atoms with E-state index in [1.54, 1.807) is 25.2 Å². The number of amides is 1. The van der Waals surface area contributed by atoms with Crippen LogP contribution < -0.4 is 11.2 Å². The molecule has 1 heterocycles. The van der Waals surface area contributed by atoms with Gasteiger partial charge in [0.2, 0.25) is 5.69 Å². The van der Waals surface area contributed by atoms with E-state index in [2.05, 4.69) is 5.10 Å². The Morgan fingerprint density at radius 2 is 1.62 bits per heavy atom. The zero-order valence-electron chi connectivity index (χ0n) is 19.4. The molecule has 0 bridgehead atoms. The molecule has 0 fully saturated rings. The minimum absolute atomic E-state index is 0.0430. The molecule has 3 aromatic carbocycles. The van der Waals surface area contributed by atoms with Crippen molar-refractivity contribution in [1.82, 2.24) is 19.2 Å². The maximum Gasteiger partial charge on any atom is 0.352 e. The Labute approximate surface area is 197 Å². The lowest BCUT2D eigenvalue weighted by atomic mass is 10.1. The molecule has 4 rings (SSSR count).